The first-order valence-electron chi connectivity index (χ1n) is 6.93. The maximum Gasteiger partial charge on any atom is 0.314 e. The lowest BCUT2D eigenvalue weighted by Crippen LogP contribution is -2.29. The van der Waals surface area contributed by atoms with E-state index in [0.717, 1.165) is 11.5 Å². The summed E-state index contributed by atoms with van der Waals surface area (Å²) in [5.41, 5.74) is 0.798. The van der Waals surface area contributed by atoms with E-state index in [1.165, 1.54) is 12.1 Å². The number of anilines is 2. The molecule has 0 aliphatic rings. The standard InChI is InChI=1S/C15H10ClN5O4/c16-11-4-3-10(21(24)25)6-13(11)19-15(23)14(22)18-9-2-1-8-7-17-20-12(8)5-9/h1-7H,(H,17,20)(H,18,22)(H,19,23). The summed E-state index contributed by atoms with van der Waals surface area (Å²) in [5.74, 6) is -1.95. The molecule has 1 aromatic heterocycles. The van der Waals surface area contributed by atoms with Gasteiger partial charge < -0.3 is 10.6 Å². The molecule has 3 aromatic rings. The Morgan fingerprint density at radius 1 is 1.12 bits per heavy atom. The van der Waals surface area contributed by atoms with Crippen molar-refractivity contribution < 1.29 is 14.5 Å². The van der Waals surface area contributed by atoms with Crippen molar-refractivity contribution in [2.24, 2.45) is 0 Å². The van der Waals surface area contributed by atoms with Crippen LogP contribution in [0.4, 0.5) is 17.1 Å². The number of nitrogens with one attached hydrogen (secondary N) is 3. The van der Waals surface area contributed by atoms with Gasteiger partial charge in [-0.25, -0.2) is 0 Å². The molecule has 0 spiro atoms. The third-order valence-electron chi connectivity index (χ3n) is 3.31. The maximum atomic E-state index is 12.0. The van der Waals surface area contributed by atoms with E-state index in [-0.39, 0.29) is 16.4 Å². The number of rotatable bonds is 3. The number of nitro benzene ring substituents is 1. The van der Waals surface area contributed by atoms with Gasteiger partial charge in [-0.15, -0.1) is 0 Å². The predicted octanol–water partition coefficient (Wildman–Crippen LogP) is 2.70. The second kappa shape index (κ2) is 6.57. The molecule has 0 saturated heterocycles. The number of hydrogen-bond acceptors (Lipinski definition) is 5. The smallest absolute Gasteiger partial charge is 0.314 e. The van der Waals surface area contributed by atoms with Crippen LogP contribution < -0.4 is 10.6 Å². The fraction of sp³-hybridized carbons (Fsp3) is 0. The van der Waals surface area contributed by atoms with Crippen molar-refractivity contribution in [3.05, 3.63) is 57.7 Å². The topological polar surface area (TPSA) is 130 Å². The Morgan fingerprint density at radius 3 is 2.64 bits per heavy atom. The Hall–Kier alpha value is -3.46. The van der Waals surface area contributed by atoms with E-state index in [1.54, 1.807) is 24.4 Å². The number of halogens is 1. The molecule has 0 aliphatic heterocycles. The Kier molecular flexibility index (Phi) is 4.31. The van der Waals surface area contributed by atoms with E-state index < -0.39 is 16.7 Å². The summed E-state index contributed by atoms with van der Waals surface area (Å²) in [6, 6.07) is 8.49. The molecule has 10 heteroatoms. The van der Waals surface area contributed by atoms with Crippen molar-refractivity contribution in [2.45, 2.75) is 0 Å². The highest BCUT2D eigenvalue weighted by atomic mass is 35.5. The van der Waals surface area contributed by atoms with Crippen molar-refractivity contribution in [3.8, 4) is 0 Å². The molecule has 0 saturated carbocycles. The highest BCUT2D eigenvalue weighted by Gasteiger charge is 2.18. The molecular weight excluding hydrogens is 350 g/mol. The molecule has 3 N–H and O–H groups in total. The zero-order valence-electron chi connectivity index (χ0n) is 12.4. The van der Waals surface area contributed by atoms with E-state index in [4.69, 9.17) is 11.6 Å². The van der Waals surface area contributed by atoms with E-state index in [9.17, 15) is 19.7 Å². The van der Waals surface area contributed by atoms with E-state index in [1.807, 2.05) is 0 Å². The fourth-order valence-electron chi connectivity index (χ4n) is 2.10. The number of nitrogens with zero attached hydrogens (tertiary/aromatic N) is 2. The Bertz CT molecular complexity index is 1000. The molecule has 126 valence electrons. The number of non-ortho nitro benzene ring substituents is 1. The molecule has 3 rings (SSSR count). The van der Waals surface area contributed by atoms with Gasteiger partial charge in [0.2, 0.25) is 0 Å². The lowest BCUT2D eigenvalue weighted by molar-refractivity contribution is -0.384. The van der Waals surface area contributed by atoms with Crippen LogP contribution in [0.25, 0.3) is 10.9 Å². The maximum absolute atomic E-state index is 12.0. The van der Waals surface area contributed by atoms with Gasteiger partial charge in [-0.2, -0.15) is 5.10 Å². The molecule has 0 fully saturated rings. The molecule has 25 heavy (non-hydrogen) atoms. The first kappa shape index (κ1) is 16.4. The van der Waals surface area contributed by atoms with Gasteiger partial charge >= 0.3 is 11.8 Å². The molecule has 0 radical (unpaired) electrons. The molecule has 1 heterocycles. The lowest BCUT2D eigenvalue weighted by atomic mass is 10.2. The van der Waals surface area contributed by atoms with Gasteiger partial charge in [-0.05, 0) is 24.3 Å². The van der Waals surface area contributed by atoms with Crippen LogP contribution in [0.5, 0.6) is 0 Å². The third-order valence-corrected chi connectivity index (χ3v) is 3.64. The average molecular weight is 360 g/mol. The average Bonchev–Trinajstić information content (AvgIpc) is 3.04. The van der Waals surface area contributed by atoms with Gasteiger partial charge in [0.15, 0.2) is 0 Å². The van der Waals surface area contributed by atoms with Crippen LogP contribution >= 0.6 is 11.6 Å². The normalized spacial score (nSPS) is 10.4. The molecule has 0 atom stereocenters. The summed E-state index contributed by atoms with van der Waals surface area (Å²) >= 11 is 5.88. The summed E-state index contributed by atoms with van der Waals surface area (Å²) in [4.78, 5) is 34.1. The molecule has 0 aliphatic carbocycles. The summed E-state index contributed by atoms with van der Waals surface area (Å²) in [6.07, 6.45) is 1.62. The number of carbonyl (C=O) groups excluding carboxylic acids is 2. The Morgan fingerprint density at radius 2 is 1.88 bits per heavy atom. The third kappa shape index (κ3) is 3.56. The second-order valence-electron chi connectivity index (χ2n) is 5.00. The van der Waals surface area contributed by atoms with E-state index in [0.29, 0.717) is 11.2 Å². The van der Waals surface area contributed by atoms with Crippen molar-refractivity contribution in [3.63, 3.8) is 0 Å². The van der Waals surface area contributed by atoms with Gasteiger partial charge in [0.25, 0.3) is 5.69 Å². The van der Waals surface area contributed by atoms with Crippen LogP contribution in [-0.2, 0) is 9.59 Å². The zero-order chi connectivity index (χ0) is 18.0. The molecular formula is C15H10ClN5O4. The summed E-state index contributed by atoms with van der Waals surface area (Å²) in [6.45, 7) is 0. The van der Waals surface area contributed by atoms with Gasteiger partial charge in [0.1, 0.15) is 0 Å². The minimum Gasteiger partial charge on any atom is -0.318 e. The number of H-pyrrole nitrogens is 1. The highest BCUT2D eigenvalue weighted by Crippen LogP contribution is 2.26. The molecule has 2 aromatic carbocycles. The van der Waals surface area contributed by atoms with Crippen molar-refractivity contribution >= 4 is 51.4 Å². The zero-order valence-corrected chi connectivity index (χ0v) is 13.2. The second-order valence-corrected chi connectivity index (χ2v) is 5.41. The summed E-state index contributed by atoms with van der Waals surface area (Å²) in [5, 5.41) is 23.0. The number of aromatic nitrogens is 2. The Labute approximate surface area is 145 Å². The fourth-order valence-corrected chi connectivity index (χ4v) is 2.27. The van der Waals surface area contributed by atoms with Crippen LogP contribution in [0.15, 0.2) is 42.6 Å². The summed E-state index contributed by atoms with van der Waals surface area (Å²) in [7, 11) is 0. The van der Waals surface area contributed by atoms with Gasteiger partial charge in [0, 0.05) is 23.2 Å². The molecule has 2 amide bonds. The van der Waals surface area contributed by atoms with Crippen LogP contribution in [0.3, 0.4) is 0 Å². The van der Waals surface area contributed by atoms with E-state index in [2.05, 4.69) is 20.8 Å². The summed E-state index contributed by atoms with van der Waals surface area (Å²) < 4.78 is 0. The number of fused-ring (bicyclic) bond motifs is 1. The SMILES string of the molecule is O=C(Nc1ccc2cn[nH]c2c1)C(=O)Nc1cc([N+](=O)[O-])ccc1Cl. The number of amides is 2. The molecule has 9 nitrogen and oxygen atoms in total. The van der Waals surface area contributed by atoms with Crippen LogP contribution in [0.1, 0.15) is 0 Å². The first-order valence-corrected chi connectivity index (χ1v) is 7.31. The minimum absolute atomic E-state index is 0.0277. The van der Waals surface area contributed by atoms with E-state index >= 15 is 0 Å². The number of nitro groups is 1. The van der Waals surface area contributed by atoms with Gasteiger partial charge in [-0.1, -0.05) is 11.6 Å². The number of carbonyl (C=O) groups is 2. The van der Waals surface area contributed by atoms with Gasteiger partial charge in [-0.3, -0.25) is 24.8 Å². The van der Waals surface area contributed by atoms with Crippen molar-refractivity contribution in [1.29, 1.82) is 0 Å². The first-order chi connectivity index (χ1) is 11.9. The van der Waals surface area contributed by atoms with Crippen LogP contribution in [-0.4, -0.2) is 26.9 Å². The van der Waals surface area contributed by atoms with Crippen molar-refractivity contribution in [2.75, 3.05) is 10.6 Å². The lowest BCUT2D eigenvalue weighted by Gasteiger charge is -2.08. The monoisotopic (exact) mass is 359 g/mol. The molecule has 0 bridgehead atoms. The number of aromatic amines is 1. The van der Waals surface area contributed by atoms with Crippen molar-refractivity contribution in [1.82, 2.24) is 10.2 Å². The van der Waals surface area contributed by atoms with Crippen LogP contribution in [0.2, 0.25) is 5.02 Å². The van der Waals surface area contributed by atoms with Crippen LogP contribution in [0, 0.1) is 10.1 Å². The number of hydrogen-bond donors (Lipinski definition) is 3. The largest absolute Gasteiger partial charge is 0.318 e. The number of benzene rings is 2. The highest BCUT2D eigenvalue weighted by molar-refractivity contribution is 6.44. The Balaban J connectivity index is 1.73. The minimum atomic E-state index is -1.01. The quantitative estimate of drug-likeness (QED) is 0.376. The molecule has 0 unspecified atom stereocenters. The van der Waals surface area contributed by atoms with Gasteiger partial charge in [0.05, 0.1) is 27.3 Å². The predicted molar refractivity (Wildman–Crippen MR) is 91.5 cm³/mol.